The number of benzene rings is 1. The number of ether oxygens (including phenoxy) is 1. The number of para-hydroxylation sites is 1. The molecule has 1 aliphatic rings. The number of ketones is 1. The first kappa shape index (κ1) is 8.26. The minimum atomic E-state index is -0.413. The lowest BCUT2D eigenvalue weighted by molar-refractivity contribution is 0.0960. The van der Waals surface area contributed by atoms with E-state index in [0.717, 1.165) is 0 Å². The number of Topliss-reactive ketones (excluding diaryl/α,β-unsaturated/α-hetero) is 1. The largest absolute Gasteiger partial charge is 0.493 e. The molecule has 0 aromatic heterocycles. The van der Waals surface area contributed by atoms with Crippen LogP contribution in [0.25, 0.3) is 0 Å². The van der Waals surface area contributed by atoms with Gasteiger partial charge in [-0.2, -0.15) is 0 Å². The molecule has 0 saturated heterocycles. The maximum atomic E-state index is 11.6. The highest BCUT2D eigenvalue weighted by Gasteiger charge is 2.22. The van der Waals surface area contributed by atoms with Crippen molar-refractivity contribution in [3.05, 3.63) is 29.8 Å². The molecule has 68 valence electrons. The summed E-state index contributed by atoms with van der Waals surface area (Å²) in [5.41, 5.74) is 6.27. The molecule has 0 fully saturated rings. The Bertz CT molecular complexity index is 335. The summed E-state index contributed by atoms with van der Waals surface area (Å²) in [5, 5.41) is 0. The van der Waals surface area contributed by atoms with Crippen molar-refractivity contribution in [2.75, 3.05) is 6.61 Å². The SMILES string of the molecule is N[C@H]1CCOc2ccccc2C1=O. The summed E-state index contributed by atoms with van der Waals surface area (Å²) in [4.78, 5) is 11.6. The van der Waals surface area contributed by atoms with Crippen LogP contribution in [0.5, 0.6) is 5.75 Å². The van der Waals surface area contributed by atoms with Crippen LogP contribution in [0.3, 0.4) is 0 Å². The van der Waals surface area contributed by atoms with E-state index in [2.05, 4.69) is 0 Å². The smallest absolute Gasteiger partial charge is 0.183 e. The van der Waals surface area contributed by atoms with E-state index in [4.69, 9.17) is 10.5 Å². The lowest BCUT2D eigenvalue weighted by Crippen LogP contribution is -2.30. The van der Waals surface area contributed by atoms with Crippen LogP contribution in [0.2, 0.25) is 0 Å². The Kier molecular flexibility index (Phi) is 2.02. The van der Waals surface area contributed by atoms with Crippen molar-refractivity contribution in [2.24, 2.45) is 5.73 Å². The number of fused-ring (bicyclic) bond motifs is 1. The van der Waals surface area contributed by atoms with Crippen LogP contribution in [0.1, 0.15) is 16.8 Å². The van der Waals surface area contributed by atoms with Crippen LogP contribution in [0.4, 0.5) is 0 Å². The van der Waals surface area contributed by atoms with Crippen molar-refractivity contribution in [3.8, 4) is 5.75 Å². The fraction of sp³-hybridized carbons (Fsp3) is 0.300. The molecule has 2 N–H and O–H groups in total. The van der Waals surface area contributed by atoms with Crippen LogP contribution >= 0.6 is 0 Å². The van der Waals surface area contributed by atoms with E-state index < -0.39 is 6.04 Å². The van der Waals surface area contributed by atoms with E-state index in [1.165, 1.54) is 0 Å². The summed E-state index contributed by atoms with van der Waals surface area (Å²) in [6, 6.07) is 6.80. The molecule has 0 bridgehead atoms. The van der Waals surface area contributed by atoms with Gasteiger partial charge in [0.1, 0.15) is 5.75 Å². The lowest BCUT2D eigenvalue weighted by atomic mass is 10.0. The van der Waals surface area contributed by atoms with E-state index in [0.29, 0.717) is 24.3 Å². The monoisotopic (exact) mass is 177 g/mol. The van der Waals surface area contributed by atoms with Crippen molar-refractivity contribution in [1.29, 1.82) is 0 Å². The average molecular weight is 177 g/mol. The number of nitrogens with two attached hydrogens (primary N) is 1. The van der Waals surface area contributed by atoms with Gasteiger partial charge in [-0.05, 0) is 12.1 Å². The van der Waals surface area contributed by atoms with Gasteiger partial charge in [0.15, 0.2) is 5.78 Å². The molecule has 1 aliphatic heterocycles. The molecule has 1 aromatic rings. The summed E-state index contributed by atoms with van der Waals surface area (Å²) in [6.07, 6.45) is 0.591. The molecule has 0 unspecified atom stereocenters. The van der Waals surface area contributed by atoms with Gasteiger partial charge in [-0.15, -0.1) is 0 Å². The molecule has 3 nitrogen and oxygen atoms in total. The maximum Gasteiger partial charge on any atom is 0.183 e. The molecule has 0 amide bonds. The van der Waals surface area contributed by atoms with Gasteiger partial charge in [-0.1, -0.05) is 12.1 Å². The normalized spacial score (nSPS) is 21.6. The summed E-state index contributed by atoms with van der Waals surface area (Å²) in [6.45, 7) is 0.518. The van der Waals surface area contributed by atoms with Crippen molar-refractivity contribution < 1.29 is 9.53 Å². The first-order valence-electron chi connectivity index (χ1n) is 4.30. The quantitative estimate of drug-likeness (QED) is 0.642. The Morgan fingerprint density at radius 1 is 1.38 bits per heavy atom. The summed E-state index contributed by atoms with van der Waals surface area (Å²) >= 11 is 0. The molecule has 0 spiro atoms. The molecule has 0 aliphatic carbocycles. The zero-order chi connectivity index (χ0) is 9.26. The minimum Gasteiger partial charge on any atom is -0.493 e. The first-order valence-corrected chi connectivity index (χ1v) is 4.30. The van der Waals surface area contributed by atoms with E-state index in [1.54, 1.807) is 12.1 Å². The zero-order valence-electron chi connectivity index (χ0n) is 7.19. The summed E-state index contributed by atoms with van der Waals surface area (Å²) in [7, 11) is 0. The maximum absolute atomic E-state index is 11.6. The Balaban J connectivity index is 2.46. The molecule has 0 saturated carbocycles. The number of carbonyl (C=O) groups is 1. The second-order valence-electron chi connectivity index (χ2n) is 3.10. The Hall–Kier alpha value is -1.35. The van der Waals surface area contributed by atoms with Crippen LogP contribution in [-0.4, -0.2) is 18.4 Å². The third-order valence-corrected chi connectivity index (χ3v) is 2.18. The molecule has 1 heterocycles. The third kappa shape index (κ3) is 1.42. The van der Waals surface area contributed by atoms with Gasteiger partial charge in [-0.25, -0.2) is 0 Å². The number of hydrogen-bond acceptors (Lipinski definition) is 3. The lowest BCUT2D eigenvalue weighted by Gasteiger charge is -2.04. The Labute approximate surface area is 76.5 Å². The van der Waals surface area contributed by atoms with Crippen molar-refractivity contribution in [1.82, 2.24) is 0 Å². The molecule has 0 radical (unpaired) electrons. The second-order valence-corrected chi connectivity index (χ2v) is 3.10. The highest BCUT2D eigenvalue weighted by molar-refractivity contribution is 6.02. The van der Waals surface area contributed by atoms with Crippen molar-refractivity contribution in [3.63, 3.8) is 0 Å². The van der Waals surface area contributed by atoms with Gasteiger partial charge < -0.3 is 10.5 Å². The fourth-order valence-corrected chi connectivity index (χ4v) is 1.42. The van der Waals surface area contributed by atoms with Crippen LogP contribution in [0, 0.1) is 0 Å². The third-order valence-electron chi connectivity index (χ3n) is 2.18. The minimum absolute atomic E-state index is 0.0203. The molecule has 3 heteroatoms. The standard InChI is InChI=1S/C10H11NO2/c11-8-5-6-13-9-4-2-1-3-7(9)10(8)12/h1-4,8H,5-6,11H2/t8-/m0/s1. The molecule has 1 atom stereocenters. The van der Waals surface area contributed by atoms with Gasteiger partial charge in [0, 0.05) is 6.42 Å². The number of carbonyl (C=O) groups excluding carboxylic acids is 1. The van der Waals surface area contributed by atoms with E-state index >= 15 is 0 Å². The van der Waals surface area contributed by atoms with Crippen LogP contribution in [-0.2, 0) is 0 Å². The fourth-order valence-electron chi connectivity index (χ4n) is 1.42. The van der Waals surface area contributed by atoms with Gasteiger partial charge in [-0.3, -0.25) is 4.79 Å². The predicted octanol–water partition coefficient (Wildman–Crippen LogP) is 0.979. The van der Waals surface area contributed by atoms with Gasteiger partial charge >= 0.3 is 0 Å². The van der Waals surface area contributed by atoms with Crippen LogP contribution in [0.15, 0.2) is 24.3 Å². The van der Waals surface area contributed by atoms with Gasteiger partial charge in [0.2, 0.25) is 0 Å². The van der Waals surface area contributed by atoms with Gasteiger partial charge in [0.25, 0.3) is 0 Å². The van der Waals surface area contributed by atoms with Crippen molar-refractivity contribution in [2.45, 2.75) is 12.5 Å². The highest BCUT2D eigenvalue weighted by atomic mass is 16.5. The molecule has 2 rings (SSSR count). The average Bonchev–Trinajstić information content (AvgIpc) is 2.29. The number of rotatable bonds is 0. The Morgan fingerprint density at radius 2 is 2.15 bits per heavy atom. The molecule has 13 heavy (non-hydrogen) atoms. The summed E-state index contributed by atoms with van der Waals surface area (Å²) in [5.74, 6) is 0.633. The number of hydrogen-bond donors (Lipinski definition) is 1. The molecular formula is C10H11NO2. The van der Waals surface area contributed by atoms with E-state index in [1.807, 2.05) is 12.1 Å². The summed E-state index contributed by atoms with van der Waals surface area (Å²) < 4.78 is 5.39. The second kappa shape index (κ2) is 3.18. The molecular weight excluding hydrogens is 166 g/mol. The van der Waals surface area contributed by atoms with E-state index in [-0.39, 0.29) is 5.78 Å². The van der Waals surface area contributed by atoms with Gasteiger partial charge in [0.05, 0.1) is 18.2 Å². The van der Waals surface area contributed by atoms with Crippen LogP contribution < -0.4 is 10.5 Å². The van der Waals surface area contributed by atoms with Crippen molar-refractivity contribution >= 4 is 5.78 Å². The topological polar surface area (TPSA) is 52.3 Å². The predicted molar refractivity (Wildman–Crippen MR) is 48.9 cm³/mol. The highest BCUT2D eigenvalue weighted by Crippen LogP contribution is 2.22. The molecule has 1 aromatic carbocycles. The van der Waals surface area contributed by atoms with E-state index in [9.17, 15) is 4.79 Å². The first-order chi connectivity index (χ1) is 6.29. The zero-order valence-corrected chi connectivity index (χ0v) is 7.19. The Morgan fingerprint density at radius 3 is 3.00 bits per heavy atom.